The van der Waals surface area contributed by atoms with Crippen LogP contribution in [0, 0.1) is 0 Å². The third-order valence-electron chi connectivity index (χ3n) is 4.74. The molecule has 0 unspecified atom stereocenters. The predicted molar refractivity (Wildman–Crippen MR) is 116 cm³/mol. The van der Waals surface area contributed by atoms with Crippen molar-refractivity contribution in [2.75, 3.05) is 18.6 Å². The van der Waals surface area contributed by atoms with E-state index in [1.807, 2.05) is 23.1 Å². The number of nitrogens with two attached hydrogens (primary N) is 1. The Labute approximate surface area is 174 Å². The summed E-state index contributed by atoms with van der Waals surface area (Å²) in [6.45, 7) is 2.78. The molecule has 0 spiro atoms. The molecule has 1 aliphatic heterocycles. The summed E-state index contributed by atoms with van der Waals surface area (Å²) < 4.78 is 4.62. The molecular formula is C23H23N3O4. The number of rotatable bonds is 6. The van der Waals surface area contributed by atoms with Gasteiger partial charge in [0.2, 0.25) is 5.91 Å². The lowest BCUT2D eigenvalue weighted by Crippen LogP contribution is -2.28. The zero-order valence-electron chi connectivity index (χ0n) is 16.9. The molecular weight excluding hydrogens is 382 g/mol. The van der Waals surface area contributed by atoms with E-state index in [0.717, 1.165) is 29.8 Å². The van der Waals surface area contributed by atoms with Crippen molar-refractivity contribution < 1.29 is 19.1 Å². The van der Waals surface area contributed by atoms with Crippen molar-refractivity contribution >= 4 is 35.4 Å². The molecule has 30 heavy (non-hydrogen) atoms. The smallest absolute Gasteiger partial charge is 0.330 e. The van der Waals surface area contributed by atoms with Crippen LogP contribution >= 0.6 is 0 Å². The fraction of sp³-hybridized carbons (Fsp3) is 0.217. The maximum atomic E-state index is 12.7. The summed E-state index contributed by atoms with van der Waals surface area (Å²) in [5.74, 6) is -0.789. The number of carbonyl (C=O) groups is 3. The van der Waals surface area contributed by atoms with Crippen LogP contribution in [0.1, 0.15) is 45.2 Å². The Morgan fingerprint density at radius 1 is 1.17 bits per heavy atom. The second-order valence-electron chi connectivity index (χ2n) is 6.85. The number of anilines is 1. The lowest BCUT2D eigenvalue weighted by Gasteiger charge is -2.19. The van der Waals surface area contributed by atoms with Gasteiger partial charge in [-0.25, -0.2) is 4.79 Å². The van der Waals surface area contributed by atoms with Gasteiger partial charge in [0.05, 0.1) is 7.11 Å². The first-order chi connectivity index (χ1) is 14.4. The summed E-state index contributed by atoms with van der Waals surface area (Å²) in [7, 11) is 1.33. The Kier molecular flexibility index (Phi) is 6.41. The Morgan fingerprint density at radius 2 is 1.93 bits per heavy atom. The quantitative estimate of drug-likeness (QED) is 0.588. The zero-order chi connectivity index (χ0) is 21.7. The van der Waals surface area contributed by atoms with E-state index in [2.05, 4.69) is 16.7 Å². The molecule has 3 rings (SSSR count). The highest BCUT2D eigenvalue weighted by Crippen LogP contribution is 2.31. The van der Waals surface area contributed by atoms with E-state index in [-0.39, 0.29) is 5.56 Å². The molecule has 7 nitrogen and oxygen atoms in total. The summed E-state index contributed by atoms with van der Waals surface area (Å²) in [5.41, 5.74) is 8.75. The number of fused-ring (bicyclic) bond motifs is 1. The molecule has 2 aromatic rings. The number of nitrogens with zero attached hydrogens (tertiary/aromatic N) is 2. The number of primary amides is 1. The molecule has 0 aromatic heterocycles. The molecule has 1 aliphatic rings. The predicted octanol–water partition coefficient (Wildman–Crippen LogP) is 2.98. The van der Waals surface area contributed by atoms with Gasteiger partial charge in [0.25, 0.3) is 5.91 Å². The van der Waals surface area contributed by atoms with Crippen molar-refractivity contribution in [2.45, 2.75) is 19.8 Å². The standard InChI is InChI=1S/C23H23N3O4/c1-3-11-26-19-9-7-15(8-10-21(27)30-2)12-18(19)14-20(26)25-23(29)17-6-4-5-16(13-17)22(24)28/h4-10,12-13H,3,11,14H2,1-2H3,(H2,24,28)/b10-8+,25-20?. The first kappa shape index (κ1) is 21.0. The fourth-order valence-electron chi connectivity index (χ4n) is 3.31. The first-order valence-corrected chi connectivity index (χ1v) is 9.61. The van der Waals surface area contributed by atoms with Gasteiger partial charge in [-0.05, 0) is 54.0 Å². The van der Waals surface area contributed by atoms with Crippen molar-refractivity contribution in [3.05, 3.63) is 70.8 Å². The zero-order valence-corrected chi connectivity index (χ0v) is 16.9. The minimum Gasteiger partial charge on any atom is -0.466 e. The molecule has 154 valence electrons. The fourth-order valence-corrected chi connectivity index (χ4v) is 3.31. The van der Waals surface area contributed by atoms with Gasteiger partial charge in [0, 0.05) is 35.9 Å². The van der Waals surface area contributed by atoms with E-state index in [9.17, 15) is 14.4 Å². The number of esters is 1. The number of amidine groups is 1. The van der Waals surface area contributed by atoms with Crippen LogP contribution in [0.4, 0.5) is 5.69 Å². The summed E-state index contributed by atoms with van der Waals surface area (Å²) in [6.07, 6.45) is 4.43. The lowest BCUT2D eigenvalue weighted by molar-refractivity contribution is -0.134. The molecule has 0 bridgehead atoms. The van der Waals surface area contributed by atoms with Gasteiger partial charge in [0.15, 0.2) is 0 Å². The summed E-state index contributed by atoms with van der Waals surface area (Å²) >= 11 is 0. The Bertz CT molecular complexity index is 1060. The van der Waals surface area contributed by atoms with Gasteiger partial charge < -0.3 is 15.4 Å². The number of amides is 2. The highest BCUT2D eigenvalue weighted by atomic mass is 16.5. The monoisotopic (exact) mass is 405 g/mol. The number of benzene rings is 2. The summed E-state index contributed by atoms with van der Waals surface area (Å²) in [6, 6.07) is 12.1. The SMILES string of the molecule is CCCN1C(=NC(=O)c2cccc(C(N)=O)c2)Cc2cc(/C=C/C(=O)OC)ccc21. The van der Waals surface area contributed by atoms with Crippen LogP contribution in [0.3, 0.4) is 0 Å². The van der Waals surface area contributed by atoms with Crippen LogP contribution < -0.4 is 10.6 Å². The van der Waals surface area contributed by atoms with E-state index in [4.69, 9.17) is 5.73 Å². The molecule has 2 aromatic carbocycles. The maximum Gasteiger partial charge on any atom is 0.330 e. The normalized spacial score (nSPS) is 14.2. The molecule has 7 heteroatoms. The highest BCUT2D eigenvalue weighted by molar-refractivity contribution is 6.13. The van der Waals surface area contributed by atoms with Gasteiger partial charge in [-0.3, -0.25) is 9.59 Å². The van der Waals surface area contributed by atoms with Crippen molar-refractivity contribution in [1.29, 1.82) is 0 Å². The van der Waals surface area contributed by atoms with Crippen LogP contribution in [0.2, 0.25) is 0 Å². The number of carbonyl (C=O) groups excluding carboxylic acids is 3. The Morgan fingerprint density at radius 3 is 2.63 bits per heavy atom. The topological polar surface area (TPSA) is 102 Å². The molecule has 0 atom stereocenters. The van der Waals surface area contributed by atoms with Crippen molar-refractivity contribution in [3.63, 3.8) is 0 Å². The van der Waals surface area contributed by atoms with E-state index in [1.165, 1.54) is 19.3 Å². The van der Waals surface area contributed by atoms with Crippen LogP contribution in [0.15, 0.2) is 53.5 Å². The van der Waals surface area contributed by atoms with Crippen molar-refractivity contribution in [1.82, 2.24) is 0 Å². The minimum absolute atomic E-state index is 0.267. The number of hydrogen-bond acceptors (Lipinski definition) is 4. The Balaban J connectivity index is 1.89. The van der Waals surface area contributed by atoms with Gasteiger partial charge in [0.1, 0.15) is 5.84 Å². The third kappa shape index (κ3) is 4.63. The lowest BCUT2D eigenvalue weighted by atomic mass is 10.1. The summed E-state index contributed by atoms with van der Waals surface area (Å²) in [5, 5.41) is 0. The van der Waals surface area contributed by atoms with Crippen LogP contribution in [-0.2, 0) is 16.0 Å². The van der Waals surface area contributed by atoms with E-state index >= 15 is 0 Å². The van der Waals surface area contributed by atoms with Crippen LogP contribution in [0.5, 0.6) is 0 Å². The maximum absolute atomic E-state index is 12.7. The molecule has 0 fully saturated rings. The average molecular weight is 405 g/mol. The van der Waals surface area contributed by atoms with Crippen molar-refractivity contribution in [3.8, 4) is 0 Å². The Hall–Kier alpha value is -3.74. The van der Waals surface area contributed by atoms with E-state index in [1.54, 1.807) is 24.3 Å². The average Bonchev–Trinajstić information content (AvgIpc) is 3.08. The van der Waals surface area contributed by atoms with Gasteiger partial charge in [-0.15, -0.1) is 0 Å². The first-order valence-electron chi connectivity index (χ1n) is 9.61. The molecule has 0 saturated carbocycles. The second kappa shape index (κ2) is 9.17. The third-order valence-corrected chi connectivity index (χ3v) is 4.74. The number of aliphatic imine (C=N–C) groups is 1. The summed E-state index contributed by atoms with van der Waals surface area (Å²) in [4.78, 5) is 41.8. The molecule has 2 N–H and O–H groups in total. The highest BCUT2D eigenvalue weighted by Gasteiger charge is 2.26. The van der Waals surface area contributed by atoms with Gasteiger partial charge in [-0.1, -0.05) is 19.1 Å². The second-order valence-corrected chi connectivity index (χ2v) is 6.85. The molecule has 0 saturated heterocycles. The van der Waals surface area contributed by atoms with Crippen LogP contribution in [-0.4, -0.2) is 37.3 Å². The number of hydrogen-bond donors (Lipinski definition) is 1. The largest absolute Gasteiger partial charge is 0.466 e. The van der Waals surface area contributed by atoms with Gasteiger partial charge in [-0.2, -0.15) is 4.99 Å². The number of ether oxygens (including phenoxy) is 1. The van der Waals surface area contributed by atoms with Crippen molar-refractivity contribution in [2.24, 2.45) is 10.7 Å². The minimum atomic E-state index is -0.592. The van der Waals surface area contributed by atoms with Gasteiger partial charge >= 0.3 is 5.97 Å². The van der Waals surface area contributed by atoms with E-state index in [0.29, 0.717) is 17.8 Å². The van der Waals surface area contributed by atoms with E-state index < -0.39 is 17.8 Å². The molecule has 2 amide bonds. The number of methoxy groups -OCH3 is 1. The molecule has 0 aliphatic carbocycles. The molecule has 1 heterocycles. The molecule has 0 radical (unpaired) electrons. The van der Waals surface area contributed by atoms with Crippen LogP contribution in [0.25, 0.3) is 6.08 Å².